The van der Waals surface area contributed by atoms with E-state index in [1.807, 2.05) is 6.92 Å². The summed E-state index contributed by atoms with van der Waals surface area (Å²) >= 11 is 0. The van der Waals surface area contributed by atoms with Gasteiger partial charge in [0.1, 0.15) is 17.8 Å². The van der Waals surface area contributed by atoms with Gasteiger partial charge in [-0.3, -0.25) is 19.2 Å². The van der Waals surface area contributed by atoms with Crippen LogP contribution in [0.15, 0.2) is 24.3 Å². The minimum Gasteiger partial charge on any atom is -0.508 e. The lowest BCUT2D eigenvalue weighted by Gasteiger charge is -2.23. The first-order chi connectivity index (χ1) is 15.9. The zero-order valence-electron chi connectivity index (χ0n) is 19.1. The molecular formula is C22H32N4O8. The molecule has 12 heteroatoms. The van der Waals surface area contributed by atoms with E-state index in [9.17, 15) is 34.2 Å². The van der Waals surface area contributed by atoms with Gasteiger partial charge >= 0.3 is 11.9 Å². The van der Waals surface area contributed by atoms with Gasteiger partial charge in [-0.05, 0) is 30.0 Å². The molecule has 0 heterocycles. The number of carboxylic acids is 2. The summed E-state index contributed by atoms with van der Waals surface area (Å²) in [5, 5.41) is 34.6. The van der Waals surface area contributed by atoms with E-state index in [1.54, 1.807) is 6.92 Å². The van der Waals surface area contributed by atoms with Crippen LogP contribution < -0.4 is 21.7 Å². The molecular weight excluding hydrogens is 448 g/mol. The van der Waals surface area contributed by atoms with E-state index in [0.29, 0.717) is 12.0 Å². The number of hydrogen-bond donors (Lipinski definition) is 7. The monoisotopic (exact) mass is 480 g/mol. The van der Waals surface area contributed by atoms with Crippen molar-refractivity contribution in [2.45, 2.75) is 57.7 Å². The lowest BCUT2D eigenvalue weighted by atomic mass is 9.98. The second kappa shape index (κ2) is 13.8. The van der Waals surface area contributed by atoms with Gasteiger partial charge in [-0.15, -0.1) is 0 Å². The Bertz CT molecular complexity index is 874. The summed E-state index contributed by atoms with van der Waals surface area (Å²) in [6.45, 7) is 3.02. The third-order valence-electron chi connectivity index (χ3n) is 5.27. The number of amides is 3. The van der Waals surface area contributed by atoms with E-state index < -0.39 is 60.8 Å². The van der Waals surface area contributed by atoms with Gasteiger partial charge in [0.05, 0.1) is 12.6 Å². The van der Waals surface area contributed by atoms with Crippen molar-refractivity contribution in [2.75, 3.05) is 6.54 Å². The van der Waals surface area contributed by atoms with Gasteiger partial charge in [-0.1, -0.05) is 32.4 Å². The number of phenols is 1. The summed E-state index contributed by atoms with van der Waals surface area (Å²) < 4.78 is 0. The standard InChI is InChI=1S/C22H32N4O8/c1-3-12(2)19(23)21(32)26-15(8-9-18(29)30)20(31)24-11-17(28)25-16(22(33)34)10-13-4-6-14(27)7-5-13/h4-7,12,15-16,19,27H,3,8-11,23H2,1-2H3,(H,24,31)(H,25,28)(H,26,32)(H,29,30)(H,33,34). The summed E-state index contributed by atoms with van der Waals surface area (Å²) in [6, 6.07) is 2.37. The van der Waals surface area contributed by atoms with Crippen molar-refractivity contribution in [3.05, 3.63) is 29.8 Å². The number of aromatic hydroxyl groups is 1. The Morgan fingerprint density at radius 3 is 2.12 bits per heavy atom. The lowest BCUT2D eigenvalue weighted by Crippen LogP contribution is -2.54. The Morgan fingerprint density at radius 1 is 0.971 bits per heavy atom. The van der Waals surface area contributed by atoms with Gasteiger partial charge in [-0.25, -0.2) is 4.79 Å². The first-order valence-corrected chi connectivity index (χ1v) is 10.8. The highest BCUT2D eigenvalue weighted by Crippen LogP contribution is 2.11. The van der Waals surface area contributed by atoms with Crippen LogP contribution in [0.25, 0.3) is 0 Å². The Labute approximate surface area is 196 Å². The van der Waals surface area contributed by atoms with Crippen molar-refractivity contribution < 1.29 is 39.3 Å². The van der Waals surface area contributed by atoms with Gasteiger partial charge in [0.25, 0.3) is 0 Å². The van der Waals surface area contributed by atoms with Crippen LogP contribution in [-0.4, -0.2) is 69.7 Å². The third kappa shape index (κ3) is 9.86. The molecule has 4 unspecified atom stereocenters. The first-order valence-electron chi connectivity index (χ1n) is 10.8. The quantitative estimate of drug-likeness (QED) is 0.180. The maximum Gasteiger partial charge on any atom is 0.326 e. The van der Waals surface area contributed by atoms with Crippen LogP contribution in [0.1, 0.15) is 38.7 Å². The van der Waals surface area contributed by atoms with Crippen molar-refractivity contribution in [1.29, 1.82) is 0 Å². The van der Waals surface area contributed by atoms with E-state index in [4.69, 9.17) is 10.8 Å². The highest BCUT2D eigenvalue weighted by Gasteiger charge is 2.27. The summed E-state index contributed by atoms with van der Waals surface area (Å²) in [4.78, 5) is 59.5. The maximum absolute atomic E-state index is 12.5. The molecule has 1 aromatic rings. The predicted molar refractivity (Wildman–Crippen MR) is 121 cm³/mol. The Hall–Kier alpha value is -3.67. The molecule has 0 aliphatic heterocycles. The molecule has 0 aliphatic rings. The van der Waals surface area contributed by atoms with Crippen LogP contribution >= 0.6 is 0 Å². The second-order valence-electron chi connectivity index (χ2n) is 7.95. The molecule has 0 fully saturated rings. The van der Waals surface area contributed by atoms with Crippen molar-refractivity contribution in [2.24, 2.45) is 11.7 Å². The second-order valence-corrected chi connectivity index (χ2v) is 7.95. The van der Waals surface area contributed by atoms with Crippen LogP contribution in [0.3, 0.4) is 0 Å². The highest BCUT2D eigenvalue weighted by atomic mass is 16.4. The van der Waals surface area contributed by atoms with Gasteiger partial charge in [0.2, 0.25) is 17.7 Å². The Balaban J connectivity index is 2.72. The first kappa shape index (κ1) is 28.4. The number of aliphatic carboxylic acids is 2. The van der Waals surface area contributed by atoms with Crippen molar-refractivity contribution in [3.8, 4) is 5.75 Å². The molecule has 3 amide bonds. The molecule has 8 N–H and O–H groups in total. The molecule has 188 valence electrons. The topological polar surface area (TPSA) is 208 Å². The van der Waals surface area contributed by atoms with Crippen molar-refractivity contribution >= 4 is 29.7 Å². The third-order valence-corrected chi connectivity index (χ3v) is 5.27. The molecule has 4 atom stereocenters. The fraction of sp³-hybridized carbons (Fsp3) is 0.500. The minimum absolute atomic E-state index is 0.0111. The van der Waals surface area contributed by atoms with Crippen LogP contribution in [-0.2, 0) is 30.4 Å². The number of rotatable bonds is 14. The van der Waals surface area contributed by atoms with Gasteiger partial charge in [0.15, 0.2) is 0 Å². The number of carbonyl (C=O) groups excluding carboxylic acids is 3. The summed E-state index contributed by atoms with van der Waals surface area (Å²) in [7, 11) is 0. The van der Waals surface area contributed by atoms with Crippen molar-refractivity contribution in [3.63, 3.8) is 0 Å². The summed E-state index contributed by atoms with van der Waals surface area (Å²) in [5.74, 6) is -4.84. The molecule has 0 spiro atoms. The molecule has 0 saturated carbocycles. The van der Waals surface area contributed by atoms with E-state index in [-0.39, 0.29) is 24.5 Å². The SMILES string of the molecule is CCC(C)C(N)C(=O)NC(CCC(=O)O)C(=O)NCC(=O)NC(Cc1ccc(O)cc1)C(=O)O. The largest absolute Gasteiger partial charge is 0.508 e. The molecule has 0 aromatic heterocycles. The Kier molecular flexibility index (Phi) is 11.5. The summed E-state index contributed by atoms with van der Waals surface area (Å²) in [5.41, 5.74) is 6.42. The highest BCUT2D eigenvalue weighted by molar-refractivity contribution is 5.92. The van der Waals surface area contributed by atoms with Crippen LogP contribution in [0.2, 0.25) is 0 Å². The number of carboxylic acid groups (broad SMARTS) is 2. The molecule has 1 aromatic carbocycles. The number of phenolic OH excluding ortho intramolecular Hbond substituents is 1. The van der Waals surface area contributed by atoms with E-state index >= 15 is 0 Å². The smallest absolute Gasteiger partial charge is 0.326 e. The molecule has 0 radical (unpaired) electrons. The number of nitrogens with two attached hydrogens (primary N) is 1. The molecule has 34 heavy (non-hydrogen) atoms. The van der Waals surface area contributed by atoms with Crippen molar-refractivity contribution in [1.82, 2.24) is 16.0 Å². The molecule has 1 rings (SSSR count). The molecule has 0 aliphatic carbocycles. The predicted octanol–water partition coefficient (Wildman–Crippen LogP) is -0.657. The average molecular weight is 481 g/mol. The fourth-order valence-corrected chi connectivity index (χ4v) is 2.92. The number of nitrogens with one attached hydrogen (secondary N) is 3. The number of hydrogen-bond acceptors (Lipinski definition) is 7. The van der Waals surface area contributed by atoms with Crippen LogP contribution in [0.4, 0.5) is 0 Å². The maximum atomic E-state index is 12.5. The number of benzene rings is 1. The molecule has 0 bridgehead atoms. The van der Waals surface area contributed by atoms with E-state index in [1.165, 1.54) is 24.3 Å². The minimum atomic E-state index is -1.29. The van der Waals surface area contributed by atoms with Gasteiger partial charge in [-0.2, -0.15) is 0 Å². The molecule has 12 nitrogen and oxygen atoms in total. The summed E-state index contributed by atoms with van der Waals surface area (Å²) in [6.07, 6.45) is -0.0626. The number of carbonyl (C=O) groups is 5. The van der Waals surface area contributed by atoms with E-state index in [0.717, 1.165) is 0 Å². The fourth-order valence-electron chi connectivity index (χ4n) is 2.92. The van der Waals surface area contributed by atoms with Gasteiger partial charge in [0, 0.05) is 12.8 Å². The normalized spacial score (nSPS) is 14.2. The lowest BCUT2D eigenvalue weighted by molar-refractivity contribution is -0.141. The zero-order valence-corrected chi connectivity index (χ0v) is 19.1. The Morgan fingerprint density at radius 2 is 1.59 bits per heavy atom. The van der Waals surface area contributed by atoms with E-state index in [2.05, 4.69) is 16.0 Å². The van der Waals surface area contributed by atoms with Crippen LogP contribution in [0, 0.1) is 5.92 Å². The molecule has 0 saturated heterocycles. The zero-order chi connectivity index (χ0) is 25.8. The average Bonchev–Trinajstić information content (AvgIpc) is 2.79. The van der Waals surface area contributed by atoms with Gasteiger partial charge < -0.3 is 37.0 Å². The van der Waals surface area contributed by atoms with Crippen LogP contribution in [0.5, 0.6) is 5.75 Å².